The Hall–Kier alpha value is -3.50. The largest absolute Gasteiger partial charge is 0.288 e. The minimum absolute atomic E-state index is 0.207. The molecule has 0 atom stereocenters. The van der Waals surface area contributed by atoms with Gasteiger partial charge >= 0.3 is 0 Å². The predicted molar refractivity (Wildman–Crippen MR) is 120 cm³/mol. The zero-order chi connectivity index (χ0) is 21.0. The van der Waals surface area contributed by atoms with E-state index < -0.39 is 0 Å². The van der Waals surface area contributed by atoms with Crippen LogP contribution >= 0.6 is 0 Å². The molecule has 2 aliphatic rings. The number of hydrazine groups is 1. The summed E-state index contributed by atoms with van der Waals surface area (Å²) < 4.78 is 0. The fraction of sp³-hybridized carbons (Fsp3) is 0.154. The fourth-order valence-electron chi connectivity index (χ4n) is 4.59. The average molecular weight is 394 g/mol. The van der Waals surface area contributed by atoms with Gasteiger partial charge in [-0.2, -0.15) is 0 Å². The molecule has 30 heavy (non-hydrogen) atoms. The molecule has 3 aromatic rings. The lowest BCUT2D eigenvalue weighted by atomic mass is 9.83. The van der Waals surface area contributed by atoms with Gasteiger partial charge in [-0.25, -0.2) is 5.43 Å². The highest BCUT2D eigenvalue weighted by Crippen LogP contribution is 2.46. The quantitative estimate of drug-likeness (QED) is 0.493. The fourth-order valence-corrected chi connectivity index (χ4v) is 4.59. The van der Waals surface area contributed by atoms with Gasteiger partial charge in [0.1, 0.15) is 0 Å². The Bertz CT molecular complexity index is 1240. The number of rotatable bonds is 2. The second-order valence-electron chi connectivity index (χ2n) is 8.24. The predicted octanol–water partition coefficient (Wildman–Crippen LogP) is 4.96. The number of para-hydroxylation sites is 1. The average Bonchev–Trinajstić information content (AvgIpc) is 3.12. The highest BCUT2D eigenvalue weighted by Gasteiger charge is 2.40. The van der Waals surface area contributed by atoms with Gasteiger partial charge in [-0.05, 0) is 46.7 Å². The molecule has 1 N–H and O–H groups in total. The molecule has 0 bridgehead atoms. The molecule has 1 heterocycles. The number of allylic oxidation sites excluding steroid dienone is 4. The maximum absolute atomic E-state index is 13.0. The standard InChI is InChI=1S/C26H22N2O2/c1-26(2)21-10-6-7-11-22(21)28(27-3)23(26)13-12-18-24(29)19-14-16-8-4-5-9-17(16)15-20(19)25(18)30/h4-15,27H,1-3H3/b23-13+. The SMILES string of the molecule is CNN1/C(=C/C=C2C(=O)c3cc4ccccc4cc3C2=O)C(C)(C)c2ccccc21. The monoisotopic (exact) mass is 394 g/mol. The zero-order valence-corrected chi connectivity index (χ0v) is 17.2. The number of nitrogens with zero attached hydrogens (tertiary/aromatic N) is 1. The van der Waals surface area contributed by atoms with E-state index in [0.29, 0.717) is 11.1 Å². The lowest BCUT2D eigenvalue weighted by Gasteiger charge is -2.25. The third-order valence-electron chi connectivity index (χ3n) is 6.20. The Morgan fingerprint density at radius 3 is 2.00 bits per heavy atom. The van der Waals surface area contributed by atoms with E-state index in [1.807, 2.05) is 66.7 Å². The van der Waals surface area contributed by atoms with Crippen molar-refractivity contribution in [1.29, 1.82) is 0 Å². The first kappa shape index (κ1) is 18.5. The molecule has 0 spiro atoms. The van der Waals surface area contributed by atoms with Crippen LogP contribution in [0.5, 0.6) is 0 Å². The molecule has 4 heteroatoms. The van der Waals surface area contributed by atoms with Gasteiger partial charge < -0.3 is 0 Å². The number of Topliss-reactive ketones (excluding diaryl/α,β-unsaturated/α-hetero) is 2. The van der Waals surface area contributed by atoms with Gasteiger partial charge in [0.2, 0.25) is 0 Å². The van der Waals surface area contributed by atoms with Crippen molar-refractivity contribution in [1.82, 2.24) is 5.43 Å². The summed E-state index contributed by atoms with van der Waals surface area (Å²) >= 11 is 0. The normalized spacial score (nSPS) is 18.3. The van der Waals surface area contributed by atoms with Gasteiger partial charge in [-0.15, -0.1) is 0 Å². The van der Waals surface area contributed by atoms with Crippen molar-refractivity contribution in [3.8, 4) is 0 Å². The molecule has 1 aliphatic heterocycles. The van der Waals surface area contributed by atoms with Crippen molar-refractivity contribution in [3.63, 3.8) is 0 Å². The molecular weight excluding hydrogens is 372 g/mol. The van der Waals surface area contributed by atoms with E-state index in [9.17, 15) is 9.59 Å². The van der Waals surface area contributed by atoms with Crippen LogP contribution < -0.4 is 10.4 Å². The zero-order valence-electron chi connectivity index (χ0n) is 17.2. The Balaban J connectivity index is 1.60. The van der Waals surface area contributed by atoms with Gasteiger partial charge in [-0.1, -0.05) is 56.3 Å². The number of ketones is 2. The van der Waals surface area contributed by atoms with Crippen molar-refractivity contribution < 1.29 is 9.59 Å². The first-order chi connectivity index (χ1) is 14.4. The maximum Gasteiger partial charge on any atom is 0.197 e. The van der Waals surface area contributed by atoms with Crippen LogP contribution in [-0.2, 0) is 5.41 Å². The van der Waals surface area contributed by atoms with E-state index in [1.54, 1.807) is 6.08 Å². The molecule has 0 saturated carbocycles. The number of carbonyl (C=O) groups excluding carboxylic acids is 2. The van der Waals surface area contributed by atoms with Crippen molar-refractivity contribution in [2.45, 2.75) is 19.3 Å². The van der Waals surface area contributed by atoms with Crippen LogP contribution in [0.1, 0.15) is 40.1 Å². The first-order valence-electron chi connectivity index (χ1n) is 10.0. The third kappa shape index (κ3) is 2.50. The molecule has 0 saturated heterocycles. The van der Waals surface area contributed by atoms with Crippen LogP contribution in [0.2, 0.25) is 0 Å². The summed E-state index contributed by atoms with van der Waals surface area (Å²) in [6, 6.07) is 19.7. The summed E-state index contributed by atoms with van der Waals surface area (Å²) in [5.41, 5.74) is 7.42. The van der Waals surface area contributed by atoms with Gasteiger partial charge in [0.15, 0.2) is 11.6 Å². The van der Waals surface area contributed by atoms with Crippen LogP contribution in [0.4, 0.5) is 5.69 Å². The summed E-state index contributed by atoms with van der Waals surface area (Å²) in [7, 11) is 1.87. The second-order valence-corrected chi connectivity index (χ2v) is 8.24. The molecule has 0 unspecified atom stereocenters. The van der Waals surface area contributed by atoms with Crippen LogP contribution in [0.3, 0.4) is 0 Å². The van der Waals surface area contributed by atoms with E-state index in [4.69, 9.17) is 0 Å². The van der Waals surface area contributed by atoms with Crippen LogP contribution in [0.15, 0.2) is 84.1 Å². The Labute approximate surface area is 175 Å². The number of fused-ring (bicyclic) bond motifs is 3. The van der Waals surface area contributed by atoms with Crippen molar-refractivity contribution in [2.24, 2.45) is 0 Å². The summed E-state index contributed by atoms with van der Waals surface area (Å²) in [5.74, 6) is -0.413. The minimum Gasteiger partial charge on any atom is -0.288 e. The Kier molecular flexibility index (Phi) is 4.02. The van der Waals surface area contributed by atoms with Crippen LogP contribution in [0.25, 0.3) is 10.8 Å². The van der Waals surface area contributed by atoms with Crippen LogP contribution in [0, 0.1) is 0 Å². The number of nitrogens with one attached hydrogen (secondary N) is 1. The van der Waals surface area contributed by atoms with E-state index in [-0.39, 0.29) is 22.6 Å². The molecule has 3 aromatic carbocycles. The second kappa shape index (κ2) is 6.51. The molecule has 4 nitrogen and oxygen atoms in total. The molecule has 0 amide bonds. The maximum atomic E-state index is 13.0. The van der Waals surface area contributed by atoms with Gasteiger partial charge in [0.25, 0.3) is 0 Å². The van der Waals surface area contributed by atoms with Gasteiger partial charge in [0.05, 0.1) is 11.3 Å². The smallest absolute Gasteiger partial charge is 0.197 e. The summed E-state index contributed by atoms with van der Waals surface area (Å²) in [6.07, 6.45) is 3.58. The third-order valence-corrected chi connectivity index (χ3v) is 6.20. The van der Waals surface area contributed by atoms with Crippen molar-refractivity contribution >= 4 is 28.0 Å². The molecule has 148 valence electrons. The first-order valence-corrected chi connectivity index (χ1v) is 10.0. The number of hydrogen-bond acceptors (Lipinski definition) is 4. The molecule has 1 aliphatic carbocycles. The number of carbonyl (C=O) groups is 2. The van der Waals surface area contributed by atoms with E-state index >= 15 is 0 Å². The van der Waals surface area contributed by atoms with E-state index in [2.05, 4.69) is 31.4 Å². The van der Waals surface area contributed by atoms with Crippen LogP contribution in [-0.4, -0.2) is 18.6 Å². The number of benzene rings is 3. The molecule has 0 fully saturated rings. The summed E-state index contributed by atoms with van der Waals surface area (Å²) in [5, 5.41) is 3.94. The highest BCUT2D eigenvalue weighted by molar-refractivity contribution is 6.40. The lowest BCUT2D eigenvalue weighted by Crippen LogP contribution is -2.35. The Morgan fingerprint density at radius 2 is 1.40 bits per heavy atom. The Morgan fingerprint density at radius 1 is 0.833 bits per heavy atom. The van der Waals surface area contributed by atoms with Gasteiger partial charge in [0, 0.05) is 29.3 Å². The van der Waals surface area contributed by atoms with Crippen molar-refractivity contribution in [3.05, 3.63) is 101 Å². The lowest BCUT2D eigenvalue weighted by molar-refractivity contribution is 0.0989. The van der Waals surface area contributed by atoms with Gasteiger partial charge in [-0.3, -0.25) is 14.6 Å². The van der Waals surface area contributed by atoms with E-state index in [1.165, 1.54) is 5.56 Å². The van der Waals surface area contributed by atoms with E-state index in [0.717, 1.165) is 22.2 Å². The molecular formula is C26H22N2O2. The molecule has 5 rings (SSSR count). The summed E-state index contributed by atoms with van der Waals surface area (Å²) in [4.78, 5) is 26.1. The molecule has 0 aromatic heterocycles. The highest BCUT2D eigenvalue weighted by atomic mass is 16.2. The topological polar surface area (TPSA) is 49.4 Å². The number of hydrogen-bond donors (Lipinski definition) is 1. The number of anilines is 1. The summed E-state index contributed by atoms with van der Waals surface area (Å²) in [6.45, 7) is 4.29. The molecule has 0 radical (unpaired) electrons. The minimum atomic E-state index is -0.261. The van der Waals surface area contributed by atoms with Crippen molar-refractivity contribution in [2.75, 3.05) is 12.1 Å².